The van der Waals surface area contributed by atoms with Gasteiger partial charge in [-0.3, -0.25) is 4.79 Å². The van der Waals surface area contributed by atoms with E-state index in [9.17, 15) is 4.79 Å². The second kappa shape index (κ2) is 5.34. The van der Waals surface area contributed by atoms with Gasteiger partial charge in [-0.15, -0.1) is 11.3 Å². The van der Waals surface area contributed by atoms with Crippen LogP contribution in [0.5, 0.6) is 0 Å². The average molecular weight is 330 g/mol. The molecule has 2 rings (SSSR count). The highest BCUT2D eigenvalue weighted by atomic mass is 79.9. The molecule has 0 fully saturated rings. The maximum atomic E-state index is 12.1. The van der Waals surface area contributed by atoms with Crippen LogP contribution in [0, 0.1) is 6.92 Å². The average Bonchev–Trinajstić information content (AvgIpc) is 2.68. The second-order valence-electron chi connectivity index (χ2n) is 3.79. The van der Waals surface area contributed by atoms with E-state index in [1.165, 1.54) is 11.3 Å². The lowest BCUT2D eigenvalue weighted by Gasteiger charge is -2.04. The van der Waals surface area contributed by atoms with E-state index >= 15 is 0 Å². The normalized spacial score (nSPS) is 10.5. The fraction of sp³-hybridized carbons (Fsp3) is 0.154. The van der Waals surface area contributed by atoms with Crippen molar-refractivity contribution < 1.29 is 4.79 Å². The summed E-state index contributed by atoms with van der Waals surface area (Å²) < 4.78 is 0.857. The quantitative estimate of drug-likeness (QED) is 0.732. The molecule has 0 spiro atoms. The maximum absolute atomic E-state index is 12.1. The van der Waals surface area contributed by atoms with Gasteiger partial charge in [0.15, 0.2) is 5.78 Å². The van der Waals surface area contributed by atoms with Gasteiger partial charge in [-0.1, -0.05) is 23.7 Å². The SMILES string of the molecule is Cc1ccc(CC(=O)c2sccc2Br)c(Cl)c1. The number of aryl methyl sites for hydroxylation is 1. The predicted molar refractivity (Wildman–Crippen MR) is 76.2 cm³/mol. The van der Waals surface area contributed by atoms with Crippen molar-refractivity contribution in [3.05, 3.63) is 55.1 Å². The Morgan fingerprint density at radius 3 is 2.76 bits per heavy atom. The Kier molecular flexibility index (Phi) is 4.02. The summed E-state index contributed by atoms with van der Waals surface area (Å²) in [5.41, 5.74) is 1.98. The zero-order valence-corrected chi connectivity index (χ0v) is 12.3. The lowest BCUT2D eigenvalue weighted by atomic mass is 10.1. The summed E-state index contributed by atoms with van der Waals surface area (Å²) in [6.07, 6.45) is 0.345. The third kappa shape index (κ3) is 2.97. The van der Waals surface area contributed by atoms with Crippen molar-refractivity contribution >= 4 is 44.7 Å². The van der Waals surface area contributed by atoms with E-state index in [0.717, 1.165) is 20.5 Å². The first-order valence-corrected chi connectivity index (χ1v) is 7.14. The van der Waals surface area contributed by atoms with Crippen LogP contribution in [0.15, 0.2) is 34.1 Å². The minimum Gasteiger partial charge on any atom is -0.293 e. The first kappa shape index (κ1) is 12.8. The maximum Gasteiger partial charge on any atom is 0.178 e. The molecular weight excluding hydrogens is 320 g/mol. The summed E-state index contributed by atoms with van der Waals surface area (Å²) >= 11 is 10.9. The predicted octanol–water partition coefficient (Wildman–Crippen LogP) is 4.90. The number of carbonyl (C=O) groups excluding carboxylic acids is 1. The molecule has 0 radical (unpaired) electrons. The Bertz CT molecular complexity index is 562. The van der Waals surface area contributed by atoms with E-state index in [1.807, 2.05) is 36.6 Å². The zero-order chi connectivity index (χ0) is 12.4. The molecule has 0 amide bonds. The molecule has 0 aliphatic heterocycles. The summed E-state index contributed by atoms with van der Waals surface area (Å²) in [4.78, 5) is 12.8. The van der Waals surface area contributed by atoms with Crippen molar-refractivity contribution in [2.75, 3.05) is 0 Å². The molecule has 0 unspecified atom stereocenters. The molecule has 1 nitrogen and oxygen atoms in total. The largest absolute Gasteiger partial charge is 0.293 e. The highest BCUT2D eigenvalue weighted by Gasteiger charge is 2.13. The first-order chi connectivity index (χ1) is 8.08. The van der Waals surface area contributed by atoms with Crippen molar-refractivity contribution in [2.45, 2.75) is 13.3 Å². The summed E-state index contributed by atoms with van der Waals surface area (Å²) in [6, 6.07) is 7.65. The molecule has 1 heterocycles. The highest BCUT2D eigenvalue weighted by molar-refractivity contribution is 9.10. The van der Waals surface area contributed by atoms with Crippen molar-refractivity contribution in [1.29, 1.82) is 0 Å². The van der Waals surface area contributed by atoms with E-state index in [0.29, 0.717) is 11.4 Å². The second-order valence-corrected chi connectivity index (χ2v) is 5.97. The van der Waals surface area contributed by atoms with Crippen LogP contribution in [0.1, 0.15) is 20.8 Å². The number of Topliss-reactive ketones (excluding diaryl/α,β-unsaturated/α-hetero) is 1. The molecule has 0 saturated heterocycles. The third-order valence-electron chi connectivity index (χ3n) is 2.43. The Labute approximate surface area is 118 Å². The van der Waals surface area contributed by atoms with Crippen LogP contribution in [0.2, 0.25) is 5.02 Å². The standard InChI is InChI=1S/C13H10BrClOS/c1-8-2-3-9(11(15)6-8)7-12(16)13-10(14)4-5-17-13/h2-6H,7H2,1H3. The van der Waals surface area contributed by atoms with E-state index in [-0.39, 0.29) is 5.78 Å². The Balaban J connectivity index is 2.22. The van der Waals surface area contributed by atoms with Gasteiger partial charge in [0, 0.05) is 15.9 Å². The lowest BCUT2D eigenvalue weighted by molar-refractivity contribution is 0.0996. The minimum absolute atomic E-state index is 0.0950. The van der Waals surface area contributed by atoms with Crippen LogP contribution in [0.4, 0.5) is 0 Å². The van der Waals surface area contributed by atoms with Gasteiger partial charge in [0.1, 0.15) is 0 Å². The van der Waals surface area contributed by atoms with Gasteiger partial charge in [-0.2, -0.15) is 0 Å². The molecule has 0 saturated carbocycles. The van der Waals surface area contributed by atoms with Crippen LogP contribution in [0.3, 0.4) is 0 Å². The van der Waals surface area contributed by atoms with Gasteiger partial charge in [-0.05, 0) is 51.5 Å². The summed E-state index contributed by atoms with van der Waals surface area (Å²) in [5.74, 6) is 0.0950. The third-order valence-corrected chi connectivity index (χ3v) is 4.66. The number of halogens is 2. The van der Waals surface area contributed by atoms with Crippen molar-refractivity contribution in [3.63, 3.8) is 0 Å². The Morgan fingerprint density at radius 1 is 1.41 bits per heavy atom. The first-order valence-electron chi connectivity index (χ1n) is 5.09. The fourth-order valence-electron chi connectivity index (χ4n) is 1.54. The minimum atomic E-state index is 0.0950. The lowest BCUT2D eigenvalue weighted by Crippen LogP contribution is -2.02. The summed E-state index contributed by atoms with van der Waals surface area (Å²) in [7, 11) is 0. The Morgan fingerprint density at radius 2 is 2.18 bits per heavy atom. The van der Waals surface area contributed by atoms with Gasteiger partial charge in [0.05, 0.1) is 4.88 Å². The molecule has 1 aromatic carbocycles. The number of carbonyl (C=O) groups is 1. The van der Waals surface area contributed by atoms with Gasteiger partial charge in [0.25, 0.3) is 0 Å². The van der Waals surface area contributed by atoms with E-state index in [4.69, 9.17) is 11.6 Å². The summed E-state index contributed by atoms with van der Waals surface area (Å²) in [5, 5.41) is 2.56. The van der Waals surface area contributed by atoms with Crippen LogP contribution in [-0.2, 0) is 6.42 Å². The molecular formula is C13H10BrClOS. The number of hydrogen-bond acceptors (Lipinski definition) is 2. The number of rotatable bonds is 3. The monoisotopic (exact) mass is 328 g/mol. The van der Waals surface area contributed by atoms with Crippen LogP contribution >= 0.6 is 38.9 Å². The van der Waals surface area contributed by atoms with Crippen molar-refractivity contribution in [2.24, 2.45) is 0 Å². The van der Waals surface area contributed by atoms with E-state index in [1.54, 1.807) is 0 Å². The van der Waals surface area contributed by atoms with E-state index in [2.05, 4.69) is 15.9 Å². The molecule has 0 bridgehead atoms. The highest BCUT2D eigenvalue weighted by Crippen LogP contribution is 2.26. The molecule has 0 N–H and O–H groups in total. The molecule has 0 aliphatic carbocycles. The number of hydrogen-bond donors (Lipinski definition) is 0. The van der Waals surface area contributed by atoms with Crippen molar-refractivity contribution in [3.8, 4) is 0 Å². The molecule has 1 aromatic heterocycles. The fourth-order valence-corrected chi connectivity index (χ4v) is 3.38. The van der Waals surface area contributed by atoms with Crippen LogP contribution < -0.4 is 0 Å². The Hall–Kier alpha value is -0.640. The number of benzene rings is 1. The topological polar surface area (TPSA) is 17.1 Å². The number of thiophene rings is 1. The molecule has 88 valence electrons. The molecule has 0 atom stereocenters. The molecule has 17 heavy (non-hydrogen) atoms. The molecule has 4 heteroatoms. The number of ketones is 1. The van der Waals surface area contributed by atoms with Gasteiger partial charge < -0.3 is 0 Å². The van der Waals surface area contributed by atoms with Crippen LogP contribution in [0.25, 0.3) is 0 Å². The van der Waals surface area contributed by atoms with Gasteiger partial charge >= 0.3 is 0 Å². The summed E-state index contributed by atoms with van der Waals surface area (Å²) in [6.45, 7) is 1.98. The smallest absolute Gasteiger partial charge is 0.178 e. The van der Waals surface area contributed by atoms with E-state index < -0.39 is 0 Å². The van der Waals surface area contributed by atoms with Gasteiger partial charge in [0.2, 0.25) is 0 Å². The van der Waals surface area contributed by atoms with Crippen molar-refractivity contribution in [1.82, 2.24) is 0 Å². The zero-order valence-electron chi connectivity index (χ0n) is 9.17. The van der Waals surface area contributed by atoms with Gasteiger partial charge in [-0.25, -0.2) is 0 Å². The van der Waals surface area contributed by atoms with Crippen LogP contribution in [-0.4, -0.2) is 5.78 Å². The molecule has 2 aromatic rings. The molecule has 0 aliphatic rings.